The van der Waals surface area contributed by atoms with Crippen molar-refractivity contribution in [1.29, 1.82) is 0 Å². The number of para-hydroxylation sites is 2. The summed E-state index contributed by atoms with van der Waals surface area (Å²) in [5.41, 5.74) is 15.8. The van der Waals surface area contributed by atoms with E-state index in [0.717, 1.165) is 77.8 Å². The van der Waals surface area contributed by atoms with Crippen LogP contribution < -0.4 is 4.90 Å². The van der Waals surface area contributed by atoms with Crippen molar-refractivity contribution >= 4 is 38.9 Å². The Kier molecular flexibility index (Phi) is 8.23. The Morgan fingerprint density at radius 1 is 0.323 bits per heavy atom. The predicted octanol–water partition coefficient (Wildman–Crippen LogP) is 16.6. The zero-order chi connectivity index (χ0) is 45.6. The van der Waals surface area contributed by atoms with Gasteiger partial charge in [0, 0.05) is 33.5 Å². The molecule has 1 aromatic heterocycles. The van der Waals surface area contributed by atoms with Crippen LogP contribution in [-0.4, -0.2) is 4.57 Å². The zero-order valence-corrected chi connectivity index (χ0v) is 33.8. The van der Waals surface area contributed by atoms with Gasteiger partial charge in [0.2, 0.25) is 0 Å². The molecule has 0 aliphatic heterocycles. The molecule has 1 heterocycles. The molecule has 292 valence electrons. The number of anilines is 3. The predicted molar refractivity (Wildman–Crippen MR) is 263 cm³/mol. The van der Waals surface area contributed by atoms with Crippen LogP contribution in [0.4, 0.5) is 17.1 Å². The number of rotatable bonds is 9. The maximum atomic E-state index is 8.89. The standard InChI is InChI=1S/C60H42N2/c1-4-15-43(16-5-1)45-29-31-46(32-30-45)48-35-39-54(40-36-48)61(53-37-33-47(34-38-53)44-17-6-2-7-18-44)55-24-13-20-50(42-55)49-19-12-21-51(41-49)56-26-14-28-59-60(56)57-25-10-11-27-58(57)62(59)52-22-8-3-9-23-52/h1-42H/i3D,8D,9D,22D,23D. The van der Waals surface area contributed by atoms with Crippen LogP contribution in [0, 0.1) is 0 Å². The molecule has 0 bridgehead atoms. The molecule has 0 radical (unpaired) electrons. The summed E-state index contributed by atoms with van der Waals surface area (Å²) in [6.07, 6.45) is 0. The Balaban J connectivity index is 0.989. The van der Waals surface area contributed by atoms with Crippen LogP contribution in [0.2, 0.25) is 0 Å². The van der Waals surface area contributed by atoms with Crippen LogP contribution >= 0.6 is 0 Å². The normalized spacial score (nSPS) is 12.4. The summed E-state index contributed by atoms with van der Waals surface area (Å²) in [5, 5.41) is 1.87. The second kappa shape index (κ2) is 16.1. The largest absolute Gasteiger partial charge is 0.310 e. The Labute approximate surface area is 369 Å². The van der Waals surface area contributed by atoms with Gasteiger partial charge >= 0.3 is 0 Å². The van der Waals surface area contributed by atoms with Crippen LogP contribution in [0.25, 0.3) is 83.1 Å². The highest BCUT2D eigenvalue weighted by atomic mass is 15.1. The van der Waals surface area contributed by atoms with Gasteiger partial charge in [0.25, 0.3) is 0 Å². The minimum absolute atomic E-state index is 0.131. The molecule has 11 rings (SSSR count). The third-order valence-electron chi connectivity index (χ3n) is 11.7. The molecule has 0 aliphatic rings. The monoisotopic (exact) mass is 795 g/mol. The fourth-order valence-electron chi connectivity index (χ4n) is 8.72. The summed E-state index contributed by atoms with van der Waals surface area (Å²) in [6, 6.07) is 76.6. The average molecular weight is 796 g/mol. The summed E-state index contributed by atoms with van der Waals surface area (Å²) in [7, 11) is 0. The SMILES string of the molecule is [2H]c1c([2H])c([2H])c(-n2c3ccccc3c3c(-c4cccc(-c5cccc(N(c6ccc(-c7ccccc7)cc6)c6ccc(-c7ccc(-c8ccccc8)cc7)cc6)c5)c4)cccc32)c([2H])c1[2H]. The molecule has 0 aliphatic carbocycles. The zero-order valence-electron chi connectivity index (χ0n) is 38.8. The van der Waals surface area contributed by atoms with E-state index in [1.807, 2.05) is 53.1 Å². The second-order valence-electron chi connectivity index (χ2n) is 15.4. The number of hydrogen-bond acceptors (Lipinski definition) is 1. The van der Waals surface area contributed by atoms with E-state index >= 15 is 0 Å². The van der Waals surface area contributed by atoms with E-state index in [2.05, 4.69) is 181 Å². The first-order valence-electron chi connectivity index (χ1n) is 23.3. The van der Waals surface area contributed by atoms with Gasteiger partial charge < -0.3 is 9.47 Å². The van der Waals surface area contributed by atoms with Crippen molar-refractivity contribution in [2.45, 2.75) is 0 Å². The molecule has 0 fully saturated rings. The van der Waals surface area contributed by atoms with Crippen LogP contribution in [0.1, 0.15) is 6.85 Å². The Morgan fingerprint density at radius 2 is 0.774 bits per heavy atom. The lowest BCUT2D eigenvalue weighted by molar-refractivity contribution is 1.18. The molecule has 11 aromatic rings. The highest BCUT2D eigenvalue weighted by Gasteiger charge is 2.18. The quantitative estimate of drug-likeness (QED) is 0.141. The number of fused-ring (bicyclic) bond motifs is 3. The molecule has 0 unspecified atom stereocenters. The Bertz CT molecular complexity index is 3580. The van der Waals surface area contributed by atoms with Gasteiger partial charge in [0.05, 0.1) is 17.9 Å². The van der Waals surface area contributed by atoms with Crippen molar-refractivity contribution in [2.24, 2.45) is 0 Å². The van der Waals surface area contributed by atoms with Crippen LogP contribution in [0.15, 0.2) is 255 Å². The van der Waals surface area contributed by atoms with Gasteiger partial charge in [-0.05, 0) is 122 Å². The van der Waals surface area contributed by atoms with Gasteiger partial charge in [0.15, 0.2) is 0 Å². The number of hydrogen-bond donors (Lipinski definition) is 0. The van der Waals surface area contributed by atoms with Gasteiger partial charge in [-0.15, -0.1) is 0 Å². The number of aromatic nitrogens is 1. The molecular formula is C60H42N2. The third-order valence-corrected chi connectivity index (χ3v) is 11.7. The van der Waals surface area contributed by atoms with E-state index in [4.69, 9.17) is 6.85 Å². The molecular weight excluding hydrogens is 749 g/mol. The Hall–Kier alpha value is -8.20. The minimum atomic E-state index is -0.413. The lowest BCUT2D eigenvalue weighted by Gasteiger charge is -2.26. The molecule has 2 nitrogen and oxygen atoms in total. The molecule has 62 heavy (non-hydrogen) atoms. The summed E-state index contributed by atoms with van der Waals surface area (Å²) < 4.78 is 44.8. The molecule has 0 spiro atoms. The highest BCUT2D eigenvalue weighted by molar-refractivity contribution is 6.15. The van der Waals surface area contributed by atoms with Crippen LogP contribution in [0.3, 0.4) is 0 Å². The van der Waals surface area contributed by atoms with Gasteiger partial charge in [-0.1, -0.05) is 188 Å². The van der Waals surface area contributed by atoms with Crippen molar-refractivity contribution in [3.05, 3.63) is 255 Å². The van der Waals surface area contributed by atoms with Crippen molar-refractivity contribution in [1.82, 2.24) is 4.57 Å². The molecule has 2 heteroatoms. The van der Waals surface area contributed by atoms with Crippen molar-refractivity contribution < 1.29 is 6.85 Å². The van der Waals surface area contributed by atoms with Crippen molar-refractivity contribution in [3.63, 3.8) is 0 Å². The van der Waals surface area contributed by atoms with E-state index in [1.54, 1.807) is 0 Å². The van der Waals surface area contributed by atoms with E-state index < -0.39 is 6.04 Å². The van der Waals surface area contributed by atoms with Gasteiger partial charge in [-0.2, -0.15) is 0 Å². The molecule has 0 amide bonds. The highest BCUT2D eigenvalue weighted by Crippen LogP contribution is 2.41. The minimum Gasteiger partial charge on any atom is -0.310 e. The molecule has 10 aromatic carbocycles. The first-order valence-corrected chi connectivity index (χ1v) is 20.8. The summed E-state index contributed by atoms with van der Waals surface area (Å²) in [6.45, 7) is 0. The average Bonchev–Trinajstić information content (AvgIpc) is 3.73. The topological polar surface area (TPSA) is 8.17 Å². The lowest BCUT2D eigenvalue weighted by atomic mass is 9.95. The molecule has 0 saturated heterocycles. The van der Waals surface area contributed by atoms with Crippen molar-refractivity contribution in [2.75, 3.05) is 4.90 Å². The van der Waals surface area contributed by atoms with Crippen LogP contribution in [0.5, 0.6) is 0 Å². The number of benzene rings is 10. The van der Waals surface area contributed by atoms with E-state index in [9.17, 15) is 0 Å². The molecule has 0 saturated carbocycles. The van der Waals surface area contributed by atoms with E-state index in [-0.39, 0.29) is 29.9 Å². The second-order valence-corrected chi connectivity index (χ2v) is 15.4. The summed E-state index contributed by atoms with van der Waals surface area (Å²) in [4.78, 5) is 2.30. The fourth-order valence-corrected chi connectivity index (χ4v) is 8.72. The number of nitrogens with zero attached hydrogens (tertiary/aromatic N) is 2. The summed E-state index contributed by atoms with van der Waals surface area (Å²) in [5.74, 6) is 0. The van der Waals surface area contributed by atoms with Gasteiger partial charge in [0.1, 0.15) is 0 Å². The summed E-state index contributed by atoms with van der Waals surface area (Å²) >= 11 is 0. The Morgan fingerprint density at radius 3 is 1.39 bits per heavy atom. The van der Waals surface area contributed by atoms with Crippen molar-refractivity contribution in [3.8, 4) is 61.3 Å². The first-order chi connectivity index (χ1) is 32.8. The van der Waals surface area contributed by atoms with E-state index in [0.29, 0.717) is 0 Å². The third kappa shape index (κ3) is 6.94. The lowest BCUT2D eigenvalue weighted by Crippen LogP contribution is -2.10. The van der Waals surface area contributed by atoms with E-state index in [1.165, 1.54) is 16.7 Å². The fraction of sp³-hybridized carbons (Fsp3) is 0. The van der Waals surface area contributed by atoms with Gasteiger partial charge in [-0.3, -0.25) is 0 Å². The maximum Gasteiger partial charge on any atom is 0.0645 e. The van der Waals surface area contributed by atoms with Gasteiger partial charge in [-0.25, -0.2) is 0 Å². The first kappa shape index (κ1) is 31.7. The molecule has 0 N–H and O–H groups in total. The smallest absolute Gasteiger partial charge is 0.0645 e. The molecule has 0 atom stereocenters. The van der Waals surface area contributed by atoms with Crippen LogP contribution in [-0.2, 0) is 0 Å². The maximum absolute atomic E-state index is 8.89.